The van der Waals surface area contributed by atoms with Gasteiger partial charge in [-0.2, -0.15) is 5.10 Å². The third-order valence-corrected chi connectivity index (χ3v) is 2.94. The molecule has 0 saturated carbocycles. The molecule has 0 fully saturated rings. The maximum Gasteiger partial charge on any atom is 0.320 e. The second-order valence-electron chi connectivity index (χ2n) is 4.29. The van der Waals surface area contributed by atoms with Crippen molar-refractivity contribution in [1.29, 1.82) is 0 Å². The average molecular weight is 263 g/mol. The standard InChI is InChI=1S/C13H14FN3O2/c1-8-9(6-12(15)13(18)19)7-16-17(8)11-4-2-10(14)3-5-11/h2-5,7,12H,6,15H2,1H3,(H,18,19). The zero-order valence-electron chi connectivity index (χ0n) is 10.4. The van der Waals surface area contributed by atoms with Crippen LogP contribution in [-0.2, 0) is 11.2 Å². The van der Waals surface area contributed by atoms with Gasteiger partial charge in [-0.15, -0.1) is 0 Å². The van der Waals surface area contributed by atoms with E-state index in [1.165, 1.54) is 12.1 Å². The molecule has 1 unspecified atom stereocenters. The monoisotopic (exact) mass is 263 g/mol. The van der Waals surface area contributed by atoms with Crippen molar-refractivity contribution in [3.8, 4) is 5.69 Å². The molecule has 2 rings (SSSR count). The van der Waals surface area contributed by atoms with Crippen molar-refractivity contribution in [1.82, 2.24) is 9.78 Å². The predicted octanol–water partition coefficient (Wildman–Crippen LogP) is 1.27. The Morgan fingerprint density at radius 2 is 2.11 bits per heavy atom. The van der Waals surface area contributed by atoms with Crippen molar-refractivity contribution >= 4 is 5.97 Å². The van der Waals surface area contributed by atoms with Crippen LogP contribution in [0.3, 0.4) is 0 Å². The lowest BCUT2D eigenvalue weighted by Gasteiger charge is -2.07. The lowest BCUT2D eigenvalue weighted by Crippen LogP contribution is -2.32. The molecule has 1 aromatic carbocycles. The van der Waals surface area contributed by atoms with E-state index in [4.69, 9.17) is 10.8 Å². The summed E-state index contributed by atoms with van der Waals surface area (Å²) in [6.07, 6.45) is 1.80. The molecule has 1 aromatic heterocycles. The number of aromatic nitrogens is 2. The van der Waals surface area contributed by atoms with E-state index in [0.717, 1.165) is 11.3 Å². The van der Waals surface area contributed by atoms with Crippen molar-refractivity contribution in [3.63, 3.8) is 0 Å². The maximum absolute atomic E-state index is 12.9. The lowest BCUT2D eigenvalue weighted by molar-refractivity contribution is -0.138. The van der Waals surface area contributed by atoms with Crippen LogP contribution < -0.4 is 5.73 Å². The number of rotatable bonds is 4. The number of benzene rings is 1. The van der Waals surface area contributed by atoms with E-state index in [-0.39, 0.29) is 12.2 Å². The second-order valence-corrected chi connectivity index (χ2v) is 4.29. The van der Waals surface area contributed by atoms with E-state index in [1.807, 2.05) is 6.92 Å². The van der Waals surface area contributed by atoms with E-state index in [9.17, 15) is 9.18 Å². The van der Waals surface area contributed by atoms with E-state index < -0.39 is 12.0 Å². The van der Waals surface area contributed by atoms with Crippen molar-refractivity contribution < 1.29 is 14.3 Å². The summed E-state index contributed by atoms with van der Waals surface area (Å²) in [6.45, 7) is 1.82. The number of carboxylic acids is 1. The molecule has 2 aromatic rings. The molecule has 1 atom stereocenters. The highest BCUT2D eigenvalue weighted by Gasteiger charge is 2.16. The molecule has 3 N–H and O–H groups in total. The van der Waals surface area contributed by atoms with E-state index in [2.05, 4.69) is 5.10 Å². The smallest absolute Gasteiger partial charge is 0.320 e. The van der Waals surface area contributed by atoms with Gasteiger partial charge in [-0.3, -0.25) is 4.79 Å². The average Bonchev–Trinajstić information content (AvgIpc) is 2.72. The van der Waals surface area contributed by atoms with Crippen LogP contribution >= 0.6 is 0 Å². The van der Waals surface area contributed by atoms with Gasteiger partial charge < -0.3 is 10.8 Å². The van der Waals surface area contributed by atoms with Crippen LogP contribution in [0.4, 0.5) is 4.39 Å². The quantitative estimate of drug-likeness (QED) is 0.870. The van der Waals surface area contributed by atoms with Crippen molar-refractivity contribution in [2.24, 2.45) is 5.73 Å². The fourth-order valence-corrected chi connectivity index (χ4v) is 1.81. The summed E-state index contributed by atoms with van der Waals surface area (Å²) in [5.74, 6) is -1.37. The number of hydrogen-bond acceptors (Lipinski definition) is 3. The Balaban J connectivity index is 2.27. The van der Waals surface area contributed by atoms with E-state index in [1.54, 1.807) is 23.0 Å². The third-order valence-electron chi connectivity index (χ3n) is 2.94. The van der Waals surface area contributed by atoms with Gasteiger partial charge in [0.25, 0.3) is 0 Å². The van der Waals surface area contributed by atoms with Crippen LogP contribution in [0.25, 0.3) is 5.69 Å². The van der Waals surface area contributed by atoms with E-state index >= 15 is 0 Å². The first-order valence-corrected chi connectivity index (χ1v) is 5.77. The summed E-state index contributed by atoms with van der Waals surface area (Å²) in [5.41, 5.74) is 7.77. The highest BCUT2D eigenvalue weighted by molar-refractivity contribution is 5.73. The fraction of sp³-hybridized carbons (Fsp3) is 0.231. The van der Waals surface area contributed by atoms with Crippen LogP contribution in [0.15, 0.2) is 30.5 Å². The van der Waals surface area contributed by atoms with E-state index in [0.29, 0.717) is 5.69 Å². The first-order valence-electron chi connectivity index (χ1n) is 5.77. The Morgan fingerprint density at radius 3 is 2.68 bits per heavy atom. The first-order chi connectivity index (χ1) is 8.99. The second kappa shape index (κ2) is 5.19. The van der Waals surface area contributed by atoms with Crippen LogP contribution in [0.5, 0.6) is 0 Å². The van der Waals surface area contributed by atoms with Gasteiger partial charge in [0.2, 0.25) is 0 Å². The molecular weight excluding hydrogens is 249 g/mol. The zero-order chi connectivity index (χ0) is 14.0. The van der Waals surface area contributed by atoms with Crippen LogP contribution in [0, 0.1) is 12.7 Å². The number of hydrogen-bond donors (Lipinski definition) is 2. The largest absolute Gasteiger partial charge is 0.480 e. The highest BCUT2D eigenvalue weighted by atomic mass is 19.1. The first kappa shape index (κ1) is 13.2. The van der Waals surface area contributed by atoms with Gasteiger partial charge in [0.05, 0.1) is 11.9 Å². The molecule has 0 spiro atoms. The number of nitrogens with two attached hydrogens (primary N) is 1. The molecular formula is C13H14FN3O2. The molecule has 0 saturated heterocycles. The molecule has 19 heavy (non-hydrogen) atoms. The van der Waals surface area contributed by atoms with Gasteiger partial charge in [-0.25, -0.2) is 9.07 Å². The fourth-order valence-electron chi connectivity index (χ4n) is 1.81. The van der Waals surface area contributed by atoms with Crippen molar-refractivity contribution in [2.75, 3.05) is 0 Å². The summed E-state index contributed by atoms with van der Waals surface area (Å²) in [4.78, 5) is 10.7. The Bertz CT molecular complexity index is 592. The molecule has 0 bridgehead atoms. The molecule has 1 heterocycles. The van der Waals surface area contributed by atoms with Crippen LogP contribution in [-0.4, -0.2) is 26.9 Å². The number of halogens is 1. The normalized spacial score (nSPS) is 12.4. The van der Waals surface area contributed by atoms with Crippen LogP contribution in [0.1, 0.15) is 11.3 Å². The Kier molecular flexibility index (Phi) is 3.62. The van der Waals surface area contributed by atoms with Gasteiger partial charge in [0.1, 0.15) is 11.9 Å². The van der Waals surface area contributed by atoms with Crippen molar-refractivity contribution in [3.05, 3.63) is 47.5 Å². The minimum Gasteiger partial charge on any atom is -0.480 e. The Hall–Kier alpha value is -2.21. The topological polar surface area (TPSA) is 81.1 Å². The molecule has 0 amide bonds. The summed E-state index contributed by atoms with van der Waals surface area (Å²) in [6, 6.07) is 4.95. The number of aliphatic carboxylic acids is 1. The van der Waals surface area contributed by atoms with Crippen LogP contribution in [0.2, 0.25) is 0 Å². The Morgan fingerprint density at radius 1 is 1.47 bits per heavy atom. The van der Waals surface area contributed by atoms with Gasteiger partial charge in [0.15, 0.2) is 0 Å². The summed E-state index contributed by atoms with van der Waals surface area (Å²) < 4.78 is 14.5. The Labute approximate surface area is 109 Å². The molecule has 0 aliphatic heterocycles. The number of carboxylic acid groups (broad SMARTS) is 1. The molecule has 0 aliphatic rings. The minimum absolute atomic E-state index is 0.211. The van der Waals surface area contributed by atoms with Gasteiger partial charge in [-0.1, -0.05) is 0 Å². The summed E-state index contributed by atoms with van der Waals surface area (Å²) >= 11 is 0. The summed E-state index contributed by atoms with van der Waals surface area (Å²) in [5, 5.41) is 13.0. The molecule has 6 heteroatoms. The highest BCUT2D eigenvalue weighted by Crippen LogP contribution is 2.15. The lowest BCUT2D eigenvalue weighted by atomic mass is 10.1. The van der Waals surface area contributed by atoms with Gasteiger partial charge >= 0.3 is 5.97 Å². The molecule has 0 aliphatic carbocycles. The van der Waals surface area contributed by atoms with Gasteiger partial charge in [0, 0.05) is 12.1 Å². The minimum atomic E-state index is -1.05. The molecule has 5 nitrogen and oxygen atoms in total. The van der Waals surface area contributed by atoms with Gasteiger partial charge in [-0.05, 0) is 36.8 Å². The third kappa shape index (κ3) is 2.79. The zero-order valence-corrected chi connectivity index (χ0v) is 10.4. The SMILES string of the molecule is Cc1c(CC(N)C(=O)O)cnn1-c1ccc(F)cc1. The predicted molar refractivity (Wildman–Crippen MR) is 67.6 cm³/mol. The van der Waals surface area contributed by atoms with Crippen molar-refractivity contribution in [2.45, 2.75) is 19.4 Å². The number of nitrogens with zero attached hydrogens (tertiary/aromatic N) is 2. The number of carbonyl (C=O) groups is 1. The summed E-state index contributed by atoms with van der Waals surface area (Å²) in [7, 11) is 0. The molecule has 100 valence electrons. The maximum atomic E-state index is 12.9. The molecule has 0 radical (unpaired) electrons.